The number of aromatic amines is 1. The second-order valence-electron chi connectivity index (χ2n) is 6.48. The molecule has 3 rings (SSSR count). The van der Waals surface area contributed by atoms with Crippen LogP contribution in [0.4, 0.5) is 0 Å². The van der Waals surface area contributed by atoms with E-state index in [4.69, 9.17) is 4.74 Å². The highest BCUT2D eigenvalue weighted by atomic mass is 16.5. The molecule has 0 radical (unpaired) electrons. The van der Waals surface area contributed by atoms with Crippen LogP contribution in [0, 0.1) is 6.92 Å². The topological polar surface area (TPSA) is 57.4 Å². The monoisotopic (exact) mass is 329 g/mol. The van der Waals surface area contributed by atoms with Gasteiger partial charge in [0.25, 0.3) is 0 Å². The zero-order valence-corrected chi connectivity index (χ0v) is 14.6. The number of likely N-dealkylation sites (N-methyl/N-ethyl adjacent to an activating group) is 1. The van der Waals surface area contributed by atoms with Crippen molar-refractivity contribution >= 4 is 16.8 Å². The molecule has 5 heteroatoms. The molecule has 0 spiro atoms. The summed E-state index contributed by atoms with van der Waals surface area (Å²) < 4.78 is 5.78. The first-order valence-electron chi connectivity index (χ1n) is 8.84. The fourth-order valence-electron chi connectivity index (χ4n) is 3.40. The molecule has 0 unspecified atom stereocenters. The molecule has 1 aromatic heterocycles. The third-order valence-corrected chi connectivity index (χ3v) is 4.82. The van der Waals surface area contributed by atoms with Crippen LogP contribution in [0.5, 0.6) is 0 Å². The molecule has 2 N–H and O–H groups in total. The van der Waals surface area contributed by atoms with E-state index in [9.17, 15) is 4.79 Å². The van der Waals surface area contributed by atoms with E-state index in [-0.39, 0.29) is 12.0 Å². The Kier molecular flexibility index (Phi) is 5.53. The predicted molar refractivity (Wildman–Crippen MR) is 96.2 cm³/mol. The number of nitrogens with zero attached hydrogens (tertiary/aromatic N) is 1. The smallest absolute Gasteiger partial charge is 0.224 e. The van der Waals surface area contributed by atoms with Crippen molar-refractivity contribution in [3.8, 4) is 0 Å². The molecule has 24 heavy (non-hydrogen) atoms. The average Bonchev–Trinajstić information content (AvgIpc) is 2.91. The number of carbonyl (C=O) groups is 1. The number of ether oxygens (including phenoxy) is 1. The van der Waals surface area contributed by atoms with Crippen LogP contribution in [0.1, 0.15) is 24.6 Å². The fourth-order valence-corrected chi connectivity index (χ4v) is 3.40. The van der Waals surface area contributed by atoms with Crippen LogP contribution < -0.4 is 5.32 Å². The predicted octanol–water partition coefficient (Wildman–Crippen LogP) is 2.25. The molecule has 5 nitrogen and oxygen atoms in total. The third-order valence-electron chi connectivity index (χ3n) is 4.82. The van der Waals surface area contributed by atoms with Crippen LogP contribution in [0.25, 0.3) is 10.9 Å². The van der Waals surface area contributed by atoms with Crippen molar-refractivity contribution in [1.82, 2.24) is 15.2 Å². The molecule has 0 saturated carbocycles. The molecule has 1 saturated heterocycles. The Labute approximate surface area is 143 Å². The lowest BCUT2D eigenvalue weighted by molar-refractivity contribution is -0.120. The molecular weight excluding hydrogens is 302 g/mol. The second-order valence-corrected chi connectivity index (χ2v) is 6.48. The standard InChI is InChI=1S/C19H27N3O2/c1-3-22-10-11-24-15(13-22)8-9-20-19(23)12-17-14(2)21-18-7-5-4-6-16(17)18/h4-7,15,21H,3,8-13H2,1-2H3,(H,20,23)/t15-/m1/s1. The van der Waals surface area contributed by atoms with E-state index in [1.807, 2.05) is 25.1 Å². The summed E-state index contributed by atoms with van der Waals surface area (Å²) in [6, 6.07) is 8.13. The number of amides is 1. The molecule has 130 valence electrons. The minimum atomic E-state index is 0.0750. The summed E-state index contributed by atoms with van der Waals surface area (Å²) in [4.78, 5) is 18.0. The lowest BCUT2D eigenvalue weighted by Gasteiger charge is -2.32. The molecule has 1 aliphatic rings. The number of hydrogen-bond donors (Lipinski definition) is 2. The van der Waals surface area contributed by atoms with Crippen molar-refractivity contribution in [2.75, 3.05) is 32.8 Å². The van der Waals surface area contributed by atoms with E-state index in [0.29, 0.717) is 13.0 Å². The van der Waals surface area contributed by atoms with Crippen molar-refractivity contribution in [3.05, 3.63) is 35.5 Å². The van der Waals surface area contributed by atoms with Gasteiger partial charge in [-0.15, -0.1) is 0 Å². The van der Waals surface area contributed by atoms with Gasteiger partial charge in [0.05, 0.1) is 19.1 Å². The molecule has 2 heterocycles. The molecule has 2 aromatic rings. The molecule has 0 bridgehead atoms. The largest absolute Gasteiger partial charge is 0.375 e. The van der Waals surface area contributed by atoms with E-state index in [2.05, 4.69) is 28.2 Å². The first-order chi connectivity index (χ1) is 11.7. The van der Waals surface area contributed by atoms with Crippen LogP contribution in [-0.4, -0.2) is 54.7 Å². The summed E-state index contributed by atoms with van der Waals surface area (Å²) in [7, 11) is 0. The van der Waals surface area contributed by atoms with Gasteiger partial charge in [-0.3, -0.25) is 9.69 Å². The van der Waals surface area contributed by atoms with E-state index < -0.39 is 0 Å². The highest BCUT2D eigenvalue weighted by Crippen LogP contribution is 2.22. The maximum Gasteiger partial charge on any atom is 0.224 e. The van der Waals surface area contributed by atoms with Gasteiger partial charge in [0.1, 0.15) is 0 Å². The van der Waals surface area contributed by atoms with E-state index in [1.165, 1.54) is 0 Å². The van der Waals surface area contributed by atoms with Gasteiger partial charge in [-0.1, -0.05) is 25.1 Å². The van der Waals surface area contributed by atoms with E-state index in [1.54, 1.807) is 0 Å². The van der Waals surface area contributed by atoms with Crippen molar-refractivity contribution in [1.29, 1.82) is 0 Å². The van der Waals surface area contributed by atoms with Crippen LogP contribution in [0.2, 0.25) is 0 Å². The number of nitrogens with one attached hydrogen (secondary N) is 2. The zero-order valence-electron chi connectivity index (χ0n) is 14.6. The van der Waals surface area contributed by atoms with E-state index >= 15 is 0 Å². The summed E-state index contributed by atoms with van der Waals surface area (Å²) in [5.74, 6) is 0.0750. The third kappa shape index (κ3) is 3.97. The number of H-pyrrole nitrogens is 1. The SMILES string of the molecule is CCN1CCO[C@H](CCNC(=O)Cc2c(C)[nH]c3ccccc23)C1. The number of morpholine rings is 1. The number of aryl methyl sites for hydroxylation is 1. The number of aromatic nitrogens is 1. The van der Waals surface area contributed by atoms with E-state index in [0.717, 1.165) is 54.8 Å². The van der Waals surface area contributed by atoms with Crippen molar-refractivity contribution < 1.29 is 9.53 Å². The quantitative estimate of drug-likeness (QED) is 0.854. The first kappa shape index (κ1) is 17.0. The highest BCUT2D eigenvalue weighted by Gasteiger charge is 2.19. The average molecular weight is 329 g/mol. The van der Waals surface area contributed by atoms with Crippen molar-refractivity contribution in [3.63, 3.8) is 0 Å². The second kappa shape index (κ2) is 7.81. The molecule has 1 aromatic carbocycles. The number of hydrogen-bond acceptors (Lipinski definition) is 3. The summed E-state index contributed by atoms with van der Waals surface area (Å²) in [6.07, 6.45) is 1.52. The van der Waals surface area contributed by atoms with Crippen molar-refractivity contribution in [2.24, 2.45) is 0 Å². The van der Waals surface area contributed by atoms with Gasteiger partial charge < -0.3 is 15.0 Å². The molecule has 1 amide bonds. The molecule has 1 fully saturated rings. The molecule has 1 aliphatic heterocycles. The Morgan fingerprint density at radius 2 is 2.25 bits per heavy atom. The van der Waals surface area contributed by atoms with Crippen LogP contribution >= 0.6 is 0 Å². The fraction of sp³-hybridized carbons (Fsp3) is 0.526. The zero-order chi connectivity index (χ0) is 16.9. The normalized spacial score (nSPS) is 18.8. The molecular formula is C19H27N3O2. The summed E-state index contributed by atoms with van der Waals surface area (Å²) >= 11 is 0. The number of fused-ring (bicyclic) bond motifs is 1. The minimum Gasteiger partial charge on any atom is -0.375 e. The van der Waals surface area contributed by atoms with Gasteiger partial charge >= 0.3 is 0 Å². The van der Waals surface area contributed by atoms with Gasteiger partial charge in [-0.05, 0) is 31.5 Å². The molecule has 1 atom stereocenters. The van der Waals surface area contributed by atoms with Gasteiger partial charge in [-0.25, -0.2) is 0 Å². The Hall–Kier alpha value is -1.85. The Morgan fingerprint density at radius 1 is 1.42 bits per heavy atom. The van der Waals surface area contributed by atoms with Gasteiger partial charge in [0.2, 0.25) is 5.91 Å². The number of carbonyl (C=O) groups excluding carboxylic acids is 1. The number of rotatable bonds is 6. The maximum atomic E-state index is 12.3. The Morgan fingerprint density at radius 3 is 3.08 bits per heavy atom. The van der Waals surface area contributed by atoms with Crippen LogP contribution in [-0.2, 0) is 16.0 Å². The number of para-hydroxylation sites is 1. The Balaban J connectivity index is 1.50. The maximum absolute atomic E-state index is 12.3. The Bertz CT molecular complexity index is 695. The number of benzene rings is 1. The van der Waals surface area contributed by atoms with Gasteiger partial charge in [0, 0.05) is 36.2 Å². The van der Waals surface area contributed by atoms with Gasteiger partial charge in [0.15, 0.2) is 0 Å². The first-order valence-corrected chi connectivity index (χ1v) is 8.84. The molecule has 0 aliphatic carbocycles. The summed E-state index contributed by atoms with van der Waals surface area (Å²) in [5.41, 5.74) is 3.25. The lowest BCUT2D eigenvalue weighted by Crippen LogP contribution is -2.43. The lowest BCUT2D eigenvalue weighted by atomic mass is 10.1. The summed E-state index contributed by atoms with van der Waals surface area (Å²) in [5, 5.41) is 4.18. The van der Waals surface area contributed by atoms with Crippen LogP contribution in [0.3, 0.4) is 0 Å². The van der Waals surface area contributed by atoms with Crippen molar-refractivity contribution in [2.45, 2.75) is 32.8 Å². The highest BCUT2D eigenvalue weighted by molar-refractivity contribution is 5.90. The minimum absolute atomic E-state index is 0.0750. The van der Waals surface area contributed by atoms with Gasteiger partial charge in [-0.2, -0.15) is 0 Å². The summed E-state index contributed by atoms with van der Waals surface area (Å²) in [6.45, 7) is 8.70. The van der Waals surface area contributed by atoms with Crippen LogP contribution in [0.15, 0.2) is 24.3 Å².